The van der Waals surface area contributed by atoms with Crippen molar-refractivity contribution in [3.63, 3.8) is 0 Å². The van der Waals surface area contributed by atoms with Crippen LogP contribution in [-0.2, 0) is 42.7 Å². The van der Waals surface area contributed by atoms with Gasteiger partial charge in [0.05, 0.1) is 22.8 Å². The molecule has 8 rings (SSSR count). The second kappa shape index (κ2) is 16.2. The number of aryl methyl sites for hydroxylation is 1. The number of pyridine rings is 2. The van der Waals surface area contributed by atoms with Crippen LogP contribution in [0.25, 0.3) is 78.1 Å². The monoisotopic (exact) mass is 1020 g/mol. The van der Waals surface area contributed by atoms with E-state index in [4.69, 9.17) is 14.4 Å². The normalized spacial score (nSPS) is 12.5. The third-order valence-corrected chi connectivity index (χ3v) is 12.2. The molecule has 63 heavy (non-hydrogen) atoms. The number of para-hydroxylation sites is 1. The van der Waals surface area contributed by atoms with Crippen LogP contribution < -0.4 is 0 Å². The van der Waals surface area contributed by atoms with Crippen LogP contribution in [0.3, 0.4) is 0 Å². The maximum Gasteiger partial charge on any atom is 0.136 e. The van der Waals surface area contributed by atoms with E-state index in [1.165, 1.54) is 22.3 Å². The molecule has 5 nitrogen and oxygen atoms in total. The molecule has 3 heterocycles. The minimum Gasteiger partial charge on any atom is -0.507 e. The molecule has 8 aromatic rings. The summed E-state index contributed by atoms with van der Waals surface area (Å²) in [6.07, 6.45) is 0. The molecule has 0 unspecified atom stereocenters. The van der Waals surface area contributed by atoms with Gasteiger partial charge in [0.1, 0.15) is 22.7 Å². The molecule has 5 aromatic carbocycles. The fraction of sp³-hybridized carbons (Fsp3) is 0.298. The van der Waals surface area contributed by atoms with Gasteiger partial charge in [0.15, 0.2) is 0 Å². The Morgan fingerprint density at radius 2 is 0.921 bits per heavy atom. The van der Waals surface area contributed by atoms with E-state index in [0.717, 1.165) is 44.2 Å². The number of aromatic hydroxyl groups is 2. The Kier molecular flexibility index (Phi) is 11.7. The van der Waals surface area contributed by atoms with Gasteiger partial charge >= 0.3 is 0 Å². The van der Waals surface area contributed by atoms with E-state index in [-0.39, 0.29) is 54.2 Å². The molecule has 0 aliphatic heterocycles. The standard InChI is InChI=1S/C57H60N2O3.Pt/c1-33-22-37(54(2,3)4)19-20-41(33)34-18-21-50(60)44(25-34)47-29-40(57(11,12)13)30-49(59-47)48-27-36(35-23-38(55(5,6)7)28-39(24-35)56(8,9)10)26-46(58-48)45-32-53-43(31-51(45)61)42-16-14-15-17-52(42)62-53;/h14-32,60-61H,1-13H3;. The number of fused-ring (bicyclic) bond motifs is 3. The van der Waals surface area contributed by atoms with E-state index < -0.39 is 0 Å². The first-order chi connectivity index (χ1) is 28.9. The number of phenols is 2. The molecule has 0 atom stereocenters. The molecule has 0 aliphatic carbocycles. The number of phenolic OH excluding ortho intramolecular Hbond substituents is 2. The predicted molar refractivity (Wildman–Crippen MR) is 259 cm³/mol. The molecule has 0 fully saturated rings. The van der Waals surface area contributed by atoms with Crippen LogP contribution in [0.5, 0.6) is 11.5 Å². The van der Waals surface area contributed by atoms with Crippen LogP contribution in [0, 0.1) is 6.92 Å². The largest absolute Gasteiger partial charge is 0.507 e. The van der Waals surface area contributed by atoms with E-state index in [0.29, 0.717) is 39.5 Å². The van der Waals surface area contributed by atoms with Gasteiger partial charge in [-0.3, -0.25) is 0 Å². The van der Waals surface area contributed by atoms with Gasteiger partial charge < -0.3 is 14.6 Å². The quantitative estimate of drug-likeness (QED) is 0.180. The van der Waals surface area contributed by atoms with Crippen LogP contribution in [0.2, 0.25) is 0 Å². The summed E-state index contributed by atoms with van der Waals surface area (Å²) in [4.78, 5) is 10.7. The van der Waals surface area contributed by atoms with E-state index in [2.05, 4.69) is 157 Å². The Morgan fingerprint density at radius 3 is 1.54 bits per heavy atom. The number of nitrogens with zero attached hydrogens (tertiary/aromatic N) is 2. The fourth-order valence-electron chi connectivity index (χ4n) is 8.19. The second-order valence-electron chi connectivity index (χ2n) is 21.3. The maximum absolute atomic E-state index is 11.8. The first-order valence-corrected chi connectivity index (χ1v) is 21.7. The van der Waals surface area contributed by atoms with Gasteiger partial charge in [-0.15, -0.1) is 0 Å². The molecule has 0 radical (unpaired) electrons. The van der Waals surface area contributed by atoms with Crippen LogP contribution >= 0.6 is 0 Å². The smallest absolute Gasteiger partial charge is 0.136 e. The Morgan fingerprint density at radius 1 is 0.397 bits per heavy atom. The first kappa shape index (κ1) is 45.5. The SMILES string of the molecule is Cc1cc(C(C)(C)C)ccc1-c1ccc(O)c(-c2cc(C(C)(C)C)cc(-c3cc(-c4cc(C(C)(C)C)cc(C(C)(C)C)c4)cc(-c4cc5oc6ccccc6c5cc4O)n3)n2)c1.[Pt]. The molecule has 6 heteroatoms. The van der Waals surface area contributed by atoms with Gasteiger partial charge in [0.2, 0.25) is 0 Å². The van der Waals surface area contributed by atoms with E-state index in [1.807, 2.05) is 36.4 Å². The minimum absolute atomic E-state index is 0. The summed E-state index contributed by atoms with van der Waals surface area (Å²) in [6.45, 7) is 28.9. The number of rotatable bonds is 5. The summed E-state index contributed by atoms with van der Waals surface area (Å²) in [5.74, 6) is 0.269. The number of benzene rings is 5. The third-order valence-electron chi connectivity index (χ3n) is 12.2. The molecule has 0 spiro atoms. The van der Waals surface area contributed by atoms with Crippen molar-refractivity contribution in [1.29, 1.82) is 0 Å². The summed E-state index contributed by atoms with van der Waals surface area (Å²) < 4.78 is 6.33. The molecule has 0 bridgehead atoms. The Balaban J connectivity index is 0.00000595. The molecule has 3 aromatic heterocycles. The maximum atomic E-state index is 11.8. The van der Waals surface area contributed by atoms with Crippen molar-refractivity contribution in [3.05, 3.63) is 143 Å². The molecular weight excluding hydrogens is 956 g/mol. The van der Waals surface area contributed by atoms with Crippen molar-refractivity contribution in [2.45, 2.75) is 112 Å². The zero-order valence-corrected chi connectivity index (χ0v) is 41.3. The number of hydrogen-bond donors (Lipinski definition) is 2. The van der Waals surface area contributed by atoms with Crippen LogP contribution in [-0.4, -0.2) is 20.2 Å². The van der Waals surface area contributed by atoms with Crippen molar-refractivity contribution in [2.75, 3.05) is 0 Å². The molecule has 2 N–H and O–H groups in total. The van der Waals surface area contributed by atoms with Gasteiger partial charge in [-0.1, -0.05) is 144 Å². The molecule has 0 amide bonds. The van der Waals surface area contributed by atoms with Crippen molar-refractivity contribution in [1.82, 2.24) is 9.97 Å². The van der Waals surface area contributed by atoms with E-state index in [9.17, 15) is 10.2 Å². The minimum atomic E-state index is -0.257. The van der Waals surface area contributed by atoms with Crippen molar-refractivity contribution < 1.29 is 35.7 Å². The Labute approximate surface area is 387 Å². The van der Waals surface area contributed by atoms with Gasteiger partial charge in [-0.25, -0.2) is 9.97 Å². The fourth-order valence-corrected chi connectivity index (χ4v) is 8.19. The summed E-state index contributed by atoms with van der Waals surface area (Å²) >= 11 is 0. The van der Waals surface area contributed by atoms with Gasteiger partial charge in [-0.05, 0) is 133 Å². The van der Waals surface area contributed by atoms with E-state index in [1.54, 1.807) is 12.1 Å². The average molecular weight is 1020 g/mol. The van der Waals surface area contributed by atoms with E-state index >= 15 is 0 Å². The van der Waals surface area contributed by atoms with Crippen LogP contribution in [0.4, 0.5) is 0 Å². The summed E-state index contributed by atoms with van der Waals surface area (Å²) in [7, 11) is 0. The second-order valence-corrected chi connectivity index (χ2v) is 21.3. The van der Waals surface area contributed by atoms with Crippen molar-refractivity contribution >= 4 is 21.9 Å². The van der Waals surface area contributed by atoms with Crippen molar-refractivity contribution in [2.24, 2.45) is 0 Å². The topological polar surface area (TPSA) is 79.4 Å². The number of aromatic nitrogens is 2. The molecular formula is C57H60N2O3Pt. The zero-order valence-electron chi connectivity index (χ0n) is 39.0. The van der Waals surface area contributed by atoms with Gasteiger partial charge in [-0.2, -0.15) is 0 Å². The number of hydrogen-bond acceptors (Lipinski definition) is 5. The van der Waals surface area contributed by atoms with Gasteiger partial charge in [0.25, 0.3) is 0 Å². The zero-order chi connectivity index (χ0) is 44.7. The molecule has 0 aliphatic rings. The van der Waals surface area contributed by atoms with Crippen LogP contribution in [0.1, 0.15) is 111 Å². The first-order valence-electron chi connectivity index (χ1n) is 21.7. The Hall–Kier alpha value is -5.51. The average Bonchev–Trinajstić information content (AvgIpc) is 3.56. The summed E-state index contributed by atoms with van der Waals surface area (Å²) in [5, 5.41) is 25.2. The summed E-state index contributed by atoms with van der Waals surface area (Å²) in [5.41, 5.74) is 14.9. The predicted octanol–water partition coefficient (Wildman–Crippen LogP) is 15.6. The summed E-state index contributed by atoms with van der Waals surface area (Å²) in [6, 6.07) is 39.3. The third kappa shape index (κ3) is 9.14. The molecule has 0 saturated carbocycles. The van der Waals surface area contributed by atoms with Gasteiger partial charge in [0, 0.05) is 43.0 Å². The number of furan rings is 1. The van der Waals surface area contributed by atoms with Crippen LogP contribution in [0.15, 0.2) is 120 Å². The molecule has 326 valence electrons. The van der Waals surface area contributed by atoms with Crippen molar-refractivity contribution in [3.8, 4) is 67.7 Å². The Bertz CT molecular complexity index is 3010. The molecule has 0 saturated heterocycles.